The van der Waals surface area contributed by atoms with Crippen LogP contribution in [0.1, 0.15) is 44.7 Å². The van der Waals surface area contributed by atoms with Crippen molar-refractivity contribution in [3.8, 4) is 5.75 Å². The summed E-state index contributed by atoms with van der Waals surface area (Å²) in [6.07, 6.45) is 3.27. The summed E-state index contributed by atoms with van der Waals surface area (Å²) in [5, 5.41) is 6.43. The van der Waals surface area contributed by atoms with Crippen molar-refractivity contribution in [2.45, 2.75) is 45.2 Å². The van der Waals surface area contributed by atoms with E-state index in [9.17, 15) is 4.79 Å². The highest BCUT2D eigenvalue weighted by Gasteiger charge is 2.26. The van der Waals surface area contributed by atoms with Gasteiger partial charge in [0, 0.05) is 0 Å². The Balaban J connectivity index is 1.91. The summed E-state index contributed by atoms with van der Waals surface area (Å²) in [6.45, 7) is 5.15. The molecule has 0 radical (unpaired) electrons. The third-order valence-electron chi connectivity index (χ3n) is 4.38. The lowest BCUT2D eigenvalue weighted by molar-refractivity contribution is -0.124. The molecular weight excluding hydrogens is 264 g/mol. The smallest absolute Gasteiger partial charge is 0.237 e. The van der Waals surface area contributed by atoms with Gasteiger partial charge in [0.25, 0.3) is 0 Å². The molecule has 1 heterocycles. The second-order valence-corrected chi connectivity index (χ2v) is 5.81. The molecule has 1 fully saturated rings. The number of benzene rings is 1. The van der Waals surface area contributed by atoms with Crippen LogP contribution in [-0.4, -0.2) is 25.6 Å². The molecule has 4 nitrogen and oxygen atoms in total. The second-order valence-electron chi connectivity index (χ2n) is 5.81. The van der Waals surface area contributed by atoms with Crippen LogP contribution in [0.3, 0.4) is 0 Å². The summed E-state index contributed by atoms with van der Waals surface area (Å²) >= 11 is 0. The molecule has 1 aliphatic rings. The SMILES string of the molecule is CCC1CCNC(C(=O)NC(C)c2ccc(OC)cc2)C1. The maximum absolute atomic E-state index is 12.4. The Bertz CT molecular complexity index is 458. The zero-order chi connectivity index (χ0) is 15.2. The van der Waals surface area contributed by atoms with E-state index in [1.54, 1.807) is 7.11 Å². The number of carbonyl (C=O) groups is 1. The van der Waals surface area contributed by atoms with E-state index in [1.165, 1.54) is 6.42 Å². The molecule has 1 aromatic rings. The molecular formula is C17H26N2O2. The van der Waals surface area contributed by atoms with Gasteiger partial charge in [-0.15, -0.1) is 0 Å². The first kappa shape index (κ1) is 15.8. The van der Waals surface area contributed by atoms with Gasteiger partial charge < -0.3 is 15.4 Å². The van der Waals surface area contributed by atoms with Crippen molar-refractivity contribution in [1.29, 1.82) is 0 Å². The maximum atomic E-state index is 12.4. The molecule has 0 aromatic heterocycles. The number of hydrogen-bond donors (Lipinski definition) is 2. The Morgan fingerprint density at radius 1 is 1.43 bits per heavy atom. The summed E-state index contributed by atoms with van der Waals surface area (Å²) in [7, 11) is 1.65. The number of piperidine rings is 1. The fourth-order valence-corrected chi connectivity index (χ4v) is 2.86. The molecule has 1 amide bonds. The van der Waals surface area contributed by atoms with Crippen LogP contribution in [0.25, 0.3) is 0 Å². The van der Waals surface area contributed by atoms with Crippen LogP contribution < -0.4 is 15.4 Å². The van der Waals surface area contributed by atoms with E-state index in [1.807, 2.05) is 31.2 Å². The van der Waals surface area contributed by atoms with Gasteiger partial charge in [0.15, 0.2) is 0 Å². The minimum atomic E-state index is -0.0515. The molecule has 1 aromatic carbocycles. The highest BCUT2D eigenvalue weighted by atomic mass is 16.5. The molecule has 1 aliphatic heterocycles. The topological polar surface area (TPSA) is 50.4 Å². The van der Waals surface area contributed by atoms with Crippen LogP contribution in [0.15, 0.2) is 24.3 Å². The second kappa shape index (κ2) is 7.46. The largest absolute Gasteiger partial charge is 0.497 e. The van der Waals surface area contributed by atoms with E-state index in [-0.39, 0.29) is 18.0 Å². The summed E-state index contributed by atoms with van der Waals surface area (Å²) in [5.41, 5.74) is 1.09. The first-order valence-electron chi connectivity index (χ1n) is 7.81. The molecule has 21 heavy (non-hydrogen) atoms. The number of carbonyl (C=O) groups excluding carboxylic acids is 1. The van der Waals surface area contributed by atoms with Gasteiger partial charge in [-0.3, -0.25) is 4.79 Å². The van der Waals surface area contributed by atoms with Crippen molar-refractivity contribution < 1.29 is 9.53 Å². The van der Waals surface area contributed by atoms with Crippen molar-refractivity contribution in [3.05, 3.63) is 29.8 Å². The van der Waals surface area contributed by atoms with Gasteiger partial charge in [0.1, 0.15) is 5.75 Å². The zero-order valence-electron chi connectivity index (χ0n) is 13.2. The quantitative estimate of drug-likeness (QED) is 0.876. The van der Waals surface area contributed by atoms with Crippen molar-refractivity contribution in [2.75, 3.05) is 13.7 Å². The van der Waals surface area contributed by atoms with Gasteiger partial charge in [0.2, 0.25) is 5.91 Å². The van der Waals surface area contributed by atoms with E-state index < -0.39 is 0 Å². The summed E-state index contributed by atoms with van der Waals surface area (Å²) < 4.78 is 5.15. The molecule has 3 atom stereocenters. The Hall–Kier alpha value is -1.55. The van der Waals surface area contributed by atoms with Crippen molar-refractivity contribution in [1.82, 2.24) is 10.6 Å². The van der Waals surface area contributed by atoms with Crippen molar-refractivity contribution >= 4 is 5.91 Å². The summed E-state index contributed by atoms with van der Waals surface area (Å²) in [5.74, 6) is 1.60. The van der Waals surface area contributed by atoms with Gasteiger partial charge in [-0.25, -0.2) is 0 Å². The lowest BCUT2D eigenvalue weighted by atomic mass is 9.90. The summed E-state index contributed by atoms with van der Waals surface area (Å²) in [6, 6.07) is 7.78. The van der Waals surface area contributed by atoms with Gasteiger partial charge >= 0.3 is 0 Å². The molecule has 0 saturated carbocycles. The first-order chi connectivity index (χ1) is 10.1. The highest BCUT2D eigenvalue weighted by molar-refractivity contribution is 5.82. The van der Waals surface area contributed by atoms with Crippen LogP contribution in [0.2, 0.25) is 0 Å². The van der Waals surface area contributed by atoms with Crippen LogP contribution in [0.4, 0.5) is 0 Å². The van der Waals surface area contributed by atoms with Crippen molar-refractivity contribution in [2.24, 2.45) is 5.92 Å². The molecule has 1 saturated heterocycles. The molecule has 2 N–H and O–H groups in total. The fourth-order valence-electron chi connectivity index (χ4n) is 2.86. The van der Waals surface area contributed by atoms with Gasteiger partial charge in [0.05, 0.1) is 19.2 Å². The third kappa shape index (κ3) is 4.21. The Labute approximate surface area is 127 Å². The zero-order valence-corrected chi connectivity index (χ0v) is 13.2. The summed E-state index contributed by atoms with van der Waals surface area (Å²) in [4.78, 5) is 12.4. The maximum Gasteiger partial charge on any atom is 0.237 e. The standard InChI is InChI=1S/C17H26N2O2/c1-4-13-9-10-18-16(11-13)17(20)19-12(2)14-5-7-15(21-3)8-6-14/h5-8,12-13,16,18H,4,9-11H2,1-3H3,(H,19,20). The van der Waals surface area contributed by atoms with Gasteiger partial charge in [-0.05, 0) is 49.9 Å². The highest BCUT2D eigenvalue weighted by Crippen LogP contribution is 2.21. The predicted octanol–water partition coefficient (Wildman–Crippen LogP) is 2.65. The lowest BCUT2D eigenvalue weighted by Crippen LogP contribution is -2.49. The number of nitrogens with one attached hydrogen (secondary N) is 2. The molecule has 116 valence electrons. The molecule has 3 unspecified atom stereocenters. The fraction of sp³-hybridized carbons (Fsp3) is 0.588. The molecule has 0 spiro atoms. The van der Waals surface area contributed by atoms with Gasteiger partial charge in [-0.1, -0.05) is 25.5 Å². The van der Waals surface area contributed by atoms with Crippen LogP contribution >= 0.6 is 0 Å². The average Bonchev–Trinajstić information content (AvgIpc) is 2.54. The van der Waals surface area contributed by atoms with E-state index in [2.05, 4.69) is 17.6 Å². The van der Waals surface area contributed by atoms with E-state index in [4.69, 9.17) is 4.74 Å². The van der Waals surface area contributed by atoms with Gasteiger partial charge in [-0.2, -0.15) is 0 Å². The van der Waals surface area contributed by atoms with E-state index >= 15 is 0 Å². The predicted molar refractivity (Wildman–Crippen MR) is 84.4 cm³/mol. The minimum Gasteiger partial charge on any atom is -0.497 e. The Morgan fingerprint density at radius 3 is 2.76 bits per heavy atom. The molecule has 0 aliphatic carbocycles. The van der Waals surface area contributed by atoms with E-state index in [0.717, 1.165) is 30.7 Å². The lowest BCUT2D eigenvalue weighted by Gasteiger charge is -2.29. The number of ether oxygens (including phenoxy) is 1. The average molecular weight is 290 g/mol. The number of rotatable bonds is 5. The van der Waals surface area contributed by atoms with Crippen LogP contribution in [0, 0.1) is 5.92 Å². The first-order valence-corrected chi connectivity index (χ1v) is 7.81. The normalized spacial score (nSPS) is 23.4. The number of hydrogen-bond acceptors (Lipinski definition) is 3. The van der Waals surface area contributed by atoms with Crippen molar-refractivity contribution in [3.63, 3.8) is 0 Å². The van der Waals surface area contributed by atoms with E-state index in [0.29, 0.717) is 5.92 Å². The number of methoxy groups -OCH3 is 1. The third-order valence-corrected chi connectivity index (χ3v) is 4.38. The molecule has 2 rings (SSSR count). The van der Waals surface area contributed by atoms with Crippen LogP contribution in [-0.2, 0) is 4.79 Å². The molecule has 4 heteroatoms. The molecule has 0 bridgehead atoms. The number of amides is 1. The van der Waals surface area contributed by atoms with Crippen LogP contribution in [0.5, 0.6) is 5.75 Å². The minimum absolute atomic E-state index is 0.00668. The Kier molecular flexibility index (Phi) is 5.62. The monoisotopic (exact) mass is 290 g/mol. The Morgan fingerprint density at radius 2 is 2.14 bits per heavy atom.